The molecule has 0 unspecified atom stereocenters. The number of aromatic nitrogens is 3. The van der Waals surface area contributed by atoms with Crippen molar-refractivity contribution in [3.63, 3.8) is 0 Å². The van der Waals surface area contributed by atoms with E-state index in [2.05, 4.69) is 25.3 Å². The summed E-state index contributed by atoms with van der Waals surface area (Å²) in [6.07, 6.45) is 10.5. The number of carbonyl (C=O) groups is 1. The maximum atomic E-state index is 9.00. The number of imidazole rings is 1. The van der Waals surface area contributed by atoms with Gasteiger partial charge in [-0.1, -0.05) is 19.3 Å². The molecule has 0 bridgehead atoms. The lowest BCUT2D eigenvalue weighted by Gasteiger charge is -2.20. The van der Waals surface area contributed by atoms with Crippen molar-refractivity contribution in [1.82, 2.24) is 14.4 Å². The van der Waals surface area contributed by atoms with Gasteiger partial charge in [-0.25, -0.2) is 4.98 Å². The van der Waals surface area contributed by atoms with E-state index in [1.807, 2.05) is 19.3 Å². The number of carboxylic acid groups (broad SMARTS) is 1. The Hall–Kier alpha value is -1.43. The minimum Gasteiger partial charge on any atom is -0.481 e. The molecule has 0 atom stereocenters. The van der Waals surface area contributed by atoms with E-state index in [1.165, 1.54) is 37.9 Å². The summed E-state index contributed by atoms with van der Waals surface area (Å²) in [5, 5.41) is 7.42. The van der Waals surface area contributed by atoms with E-state index in [-0.39, 0.29) is 0 Å². The van der Waals surface area contributed by atoms with Gasteiger partial charge in [0.05, 0.1) is 5.69 Å². The van der Waals surface area contributed by atoms with Crippen LogP contribution in [0.1, 0.15) is 56.5 Å². The van der Waals surface area contributed by atoms with Crippen molar-refractivity contribution in [1.29, 1.82) is 0 Å². The van der Waals surface area contributed by atoms with E-state index in [0.29, 0.717) is 5.92 Å². The fraction of sp³-hybridized carbons (Fsp3) is 0.533. The van der Waals surface area contributed by atoms with Gasteiger partial charge in [0, 0.05) is 25.2 Å². The average molecular weight is 354 g/mol. The predicted octanol–water partition coefficient (Wildman–Crippen LogP) is 3.94. The van der Waals surface area contributed by atoms with Crippen LogP contribution in [-0.2, 0) is 4.79 Å². The van der Waals surface area contributed by atoms with Crippen LogP contribution >= 0.6 is 15.9 Å². The lowest BCUT2D eigenvalue weighted by Crippen LogP contribution is -2.08. The minimum atomic E-state index is -0.833. The largest absolute Gasteiger partial charge is 0.481 e. The van der Waals surface area contributed by atoms with Crippen LogP contribution in [0.25, 0.3) is 5.52 Å². The molecule has 1 aliphatic rings. The van der Waals surface area contributed by atoms with Crippen molar-refractivity contribution in [3.05, 3.63) is 28.5 Å². The number of nitrogens with zero attached hydrogens (tertiary/aromatic N) is 3. The summed E-state index contributed by atoms with van der Waals surface area (Å²) in [5.41, 5.74) is 2.15. The van der Waals surface area contributed by atoms with Crippen molar-refractivity contribution in [2.24, 2.45) is 0 Å². The number of aryl methyl sites for hydroxylation is 1. The first-order chi connectivity index (χ1) is 10.0. The molecule has 0 aliphatic heterocycles. The second-order valence-electron chi connectivity index (χ2n) is 5.35. The molecule has 2 aromatic heterocycles. The fourth-order valence-electron chi connectivity index (χ4n) is 2.82. The van der Waals surface area contributed by atoms with Crippen molar-refractivity contribution < 1.29 is 9.90 Å². The summed E-state index contributed by atoms with van der Waals surface area (Å²) in [5.74, 6) is 0.987. The number of rotatable bonds is 1. The molecule has 2 aromatic rings. The number of hydrogen-bond acceptors (Lipinski definition) is 3. The molecule has 1 fully saturated rings. The van der Waals surface area contributed by atoms with Gasteiger partial charge in [0.25, 0.3) is 5.97 Å². The Bertz CT molecular complexity index is 629. The van der Waals surface area contributed by atoms with Gasteiger partial charge in [0.1, 0.15) is 15.9 Å². The van der Waals surface area contributed by atoms with Gasteiger partial charge >= 0.3 is 0 Å². The maximum absolute atomic E-state index is 9.00. The van der Waals surface area contributed by atoms with Crippen molar-refractivity contribution in [2.75, 3.05) is 0 Å². The third-order valence-electron chi connectivity index (χ3n) is 3.69. The minimum absolute atomic E-state index is 0.615. The number of aliphatic carboxylic acids is 1. The molecular weight excluding hydrogens is 334 g/mol. The molecule has 0 spiro atoms. The quantitative estimate of drug-likeness (QED) is 0.842. The maximum Gasteiger partial charge on any atom is 0.300 e. The van der Waals surface area contributed by atoms with Crippen LogP contribution in [0, 0.1) is 6.92 Å². The molecule has 0 aromatic carbocycles. The van der Waals surface area contributed by atoms with E-state index in [1.54, 1.807) is 0 Å². The smallest absolute Gasteiger partial charge is 0.300 e. The van der Waals surface area contributed by atoms with Crippen LogP contribution in [0.15, 0.2) is 17.0 Å². The fourth-order valence-corrected chi connectivity index (χ4v) is 3.48. The first kappa shape index (κ1) is 15.9. The summed E-state index contributed by atoms with van der Waals surface area (Å²) in [4.78, 5) is 18.0. The molecule has 21 heavy (non-hydrogen) atoms. The molecule has 1 saturated carbocycles. The molecule has 3 rings (SSSR count). The lowest BCUT2D eigenvalue weighted by atomic mass is 9.89. The summed E-state index contributed by atoms with van der Waals surface area (Å²) in [7, 11) is 0. The van der Waals surface area contributed by atoms with Crippen LogP contribution in [0.4, 0.5) is 0 Å². The van der Waals surface area contributed by atoms with Crippen LogP contribution in [0.3, 0.4) is 0 Å². The highest BCUT2D eigenvalue weighted by Gasteiger charge is 2.22. The highest BCUT2D eigenvalue weighted by atomic mass is 79.9. The number of hydrogen-bond donors (Lipinski definition) is 1. The Labute approximate surface area is 132 Å². The zero-order valence-electron chi connectivity index (χ0n) is 12.3. The van der Waals surface area contributed by atoms with Gasteiger partial charge in [0.2, 0.25) is 0 Å². The van der Waals surface area contributed by atoms with E-state index >= 15 is 0 Å². The number of fused-ring (bicyclic) bond motifs is 1. The molecule has 1 aliphatic carbocycles. The molecule has 0 radical (unpaired) electrons. The van der Waals surface area contributed by atoms with Gasteiger partial charge in [-0.15, -0.1) is 0 Å². The molecule has 5 nitrogen and oxygen atoms in total. The Balaban J connectivity index is 0.000000361. The van der Waals surface area contributed by atoms with E-state index in [0.717, 1.165) is 22.7 Å². The molecule has 0 amide bonds. The molecule has 2 heterocycles. The molecule has 6 heteroatoms. The monoisotopic (exact) mass is 353 g/mol. The van der Waals surface area contributed by atoms with Gasteiger partial charge in [0.15, 0.2) is 0 Å². The third kappa shape index (κ3) is 3.81. The summed E-state index contributed by atoms with van der Waals surface area (Å²) >= 11 is 3.56. The van der Waals surface area contributed by atoms with Crippen LogP contribution in [0.5, 0.6) is 0 Å². The summed E-state index contributed by atoms with van der Waals surface area (Å²) in [6, 6.07) is 0. The van der Waals surface area contributed by atoms with E-state index in [9.17, 15) is 0 Å². The first-order valence-electron chi connectivity index (χ1n) is 7.19. The van der Waals surface area contributed by atoms with Crippen molar-refractivity contribution >= 4 is 27.4 Å². The van der Waals surface area contributed by atoms with Crippen LogP contribution < -0.4 is 0 Å². The van der Waals surface area contributed by atoms with Crippen molar-refractivity contribution in [3.8, 4) is 0 Å². The van der Waals surface area contributed by atoms with E-state index in [4.69, 9.17) is 14.9 Å². The zero-order chi connectivity index (χ0) is 15.4. The summed E-state index contributed by atoms with van der Waals surface area (Å²) < 4.78 is 3.14. The molecular formula is C15H20BrN3O2. The third-order valence-corrected chi connectivity index (χ3v) is 4.25. The summed E-state index contributed by atoms with van der Waals surface area (Å²) in [6.45, 7) is 3.12. The Morgan fingerprint density at radius 3 is 2.62 bits per heavy atom. The number of carboxylic acids is 1. The van der Waals surface area contributed by atoms with Gasteiger partial charge < -0.3 is 5.11 Å². The van der Waals surface area contributed by atoms with Gasteiger partial charge in [-0.05, 0) is 35.7 Å². The van der Waals surface area contributed by atoms with Gasteiger partial charge in [-0.2, -0.15) is 0 Å². The Morgan fingerprint density at radius 2 is 2.00 bits per heavy atom. The molecule has 0 saturated heterocycles. The highest BCUT2D eigenvalue weighted by molar-refractivity contribution is 9.10. The number of halogens is 1. The Morgan fingerprint density at radius 1 is 1.38 bits per heavy atom. The standard InChI is InChI=1S/C13H16BrN3.C2H4O2/c1-9-11-12(14)16-13(17(11)8-7-15-9)10-5-3-2-4-6-10;1-2(3)4/h7-8,10H,2-6H2,1H3;1H3,(H,3,4). The lowest BCUT2D eigenvalue weighted by molar-refractivity contribution is -0.134. The highest BCUT2D eigenvalue weighted by Crippen LogP contribution is 2.34. The average Bonchev–Trinajstić information content (AvgIpc) is 2.78. The van der Waals surface area contributed by atoms with Crippen molar-refractivity contribution in [2.45, 2.75) is 51.9 Å². The zero-order valence-corrected chi connectivity index (χ0v) is 13.9. The second-order valence-corrected chi connectivity index (χ2v) is 6.10. The van der Waals surface area contributed by atoms with Crippen LogP contribution in [0.2, 0.25) is 0 Å². The molecule has 114 valence electrons. The Kier molecular flexibility index (Phi) is 5.33. The van der Waals surface area contributed by atoms with Gasteiger partial charge in [-0.3, -0.25) is 14.2 Å². The van der Waals surface area contributed by atoms with Crippen LogP contribution in [-0.4, -0.2) is 25.4 Å². The first-order valence-corrected chi connectivity index (χ1v) is 7.98. The van der Waals surface area contributed by atoms with E-state index < -0.39 is 5.97 Å². The molecule has 1 N–H and O–H groups in total. The predicted molar refractivity (Wildman–Crippen MR) is 84.6 cm³/mol. The topological polar surface area (TPSA) is 67.5 Å². The normalized spacial score (nSPS) is 15.6. The SMILES string of the molecule is CC(=O)O.Cc1nccn2c(C3CCCCC3)nc(Br)c12. The second kappa shape index (κ2) is 7.02.